The molecule has 3 heterocycles. The Hall–Kier alpha value is -2.87. The Morgan fingerprint density at radius 3 is 2.69 bits per heavy atom. The number of halogens is 1. The average Bonchev–Trinajstić information content (AvgIpc) is 3.23. The molecule has 6 nitrogen and oxygen atoms in total. The van der Waals surface area contributed by atoms with Crippen molar-refractivity contribution in [1.29, 1.82) is 0 Å². The second-order valence-corrected chi connectivity index (χ2v) is 7.83. The third-order valence-electron chi connectivity index (χ3n) is 5.04. The molecule has 1 aliphatic heterocycles. The van der Waals surface area contributed by atoms with E-state index >= 15 is 0 Å². The molecular weight excluding hydrogens is 389 g/mol. The molecule has 0 aliphatic carbocycles. The van der Waals surface area contributed by atoms with E-state index in [1.54, 1.807) is 18.3 Å². The lowest BCUT2D eigenvalue weighted by Crippen LogP contribution is -2.40. The van der Waals surface area contributed by atoms with Crippen molar-refractivity contribution in [2.45, 2.75) is 25.8 Å². The monoisotopic (exact) mass is 411 g/mol. The Labute approximate surface area is 173 Å². The molecule has 0 atom stereocenters. The lowest BCUT2D eigenvalue weighted by molar-refractivity contribution is -0.125. The van der Waals surface area contributed by atoms with Crippen LogP contribution in [0.15, 0.2) is 48.7 Å². The fraction of sp³-hybridized carbons (Fsp3) is 0.333. The van der Waals surface area contributed by atoms with Gasteiger partial charge in [0.05, 0.1) is 12.2 Å². The van der Waals surface area contributed by atoms with E-state index in [4.69, 9.17) is 0 Å². The first-order valence-electron chi connectivity index (χ1n) is 9.67. The number of carbonyl (C=O) groups excluding carboxylic acids is 1. The van der Waals surface area contributed by atoms with Crippen molar-refractivity contribution >= 4 is 22.6 Å². The van der Waals surface area contributed by atoms with Crippen molar-refractivity contribution in [3.05, 3.63) is 71.6 Å². The minimum atomic E-state index is -0.243. The van der Waals surface area contributed by atoms with Crippen LogP contribution in [0.25, 0.3) is 0 Å². The summed E-state index contributed by atoms with van der Waals surface area (Å²) in [5.74, 6) is 0.602. The van der Waals surface area contributed by atoms with Crippen molar-refractivity contribution in [3.63, 3.8) is 0 Å². The molecule has 8 heteroatoms. The van der Waals surface area contributed by atoms with Gasteiger partial charge in [0.2, 0.25) is 11.0 Å². The molecule has 1 aromatic carbocycles. The van der Waals surface area contributed by atoms with Crippen LogP contribution in [0, 0.1) is 11.7 Å². The number of rotatable bonds is 6. The number of nitrogens with zero attached hydrogens (tertiary/aromatic N) is 4. The zero-order chi connectivity index (χ0) is 20.1. The van der Waals surface area contributed by atoms with E-state index in [9.17, 15) is 9.18 Å². The predicted octanol–water partition coefficient (Wildman–Crippen LogP) is 3.20. The molecule has 0 saturated carbocycles. The van der Waals surface area contributed by atoms with Crippen LogP contribution in [0.5, 0.6) is 0 Å². The first-order valence-corrected chi connectivity index (χ1v) is 10.4. The molecule has 1 aliphatic rings. The molecule has 3 aromatic rings. The first-order chi connectivity index (χ1) is 14.2. The van der Waals surface area contributed by atoms with E-state index in [1.165, 1.54) is 23.7 Å². The zero-order valence-corrected chi connectivity index (χ0v) is 16.7. The van der Waals surface area contributed by atoms with Crippen LogP contribution in [-0.2, 0) is 17.8 Å². The van der Waals surface area contributed by atoms with Crippen molar-refractivity contribution in [2.75, 3.05) is 18.0 Å². The van der Waals surface area contributed by atoms with Crippen LogP contribution in [-0.4, -0.2) is 33.3 Å². The van der Waals surface area contributed by atoms with Crippen molar-refractivity contribution in [2.24, 2.45) is 5.92 Å². The fourth-order valence-electron chi connectivity index (χ4n) is 3.39. The Morgan fingerprint density at radius 2 is 1.97 bits per heavy atom. The van der Waals surface area contributed by atoms with Crippen LogP contribution in [0.3, 0.4) is 0 Å². The Kier molecular flexibility index (Phi) is 6.09. The van der Waals surface area contributed by atoms with Gasteiger partial charge in [0.15, 0.2) is 0 Å². The summed E-state index contributed by atoms with van der Waals surface area (Å²) in [6.45, 7) is 2.03. The number of pyridine rings is 1. The SMILES string of the molecule is O=C(NCc1ccccn1)C1CCN(c2nc(Cc3ccc(F)cc3)ns2)CC1. The second kappa shape index (κ2) is 9.09. The van der Waals surface area contributed by atoms with Crippen LogP contribution in [0.1, 0.15) is 29.9 Å². The summed E-state index contributed by atoms with van der Waals surface area (Å²) >= 11 is 1.38. The van der Waals surface area contributed by atoms with Gasteiger partial charge in [-0.3, -0.25) is 9.78 Å². The summed E-state index contributed by atoms with van der Waals surface area (Å²) in [6, 6.07) is 12.1. The summed E-state index contributed by atoms with van der Waals surface area (Å²) < 4.78 is 17.5. The largest absolute Gasteiger partial charge is 0.350 e. The van der Waals surface area contributed by atoms with E-state index < -0.39 is 0 Å². The molecule has 4 rings (SSSR count). The number of benzene rings is 1. The molecule has 1 saturated heterocycles. The highest BCUT2D eigenvalue weighted by molar-refractivity contribution is 7.09. The Bertz CT molecular complexity index is 939. The van der Waals surface area contributed by atoms with Crippen molar-refractivity contribution in [3.8, 4) is 0 Å². The smallest absolute Gasteiger partial charge is 0.223 e. The van der Waals surface area contributed by atoms with Gasteiger partial charge in [-0.2, -0.15) is 4.37 Å². The van der Waals surface area contributed by atoms with Gasteiger partial charge in [-0.05, 0) is 42.7 Å². The van der Waals surface area contributed by atoms with Gasteiger partial charge in [-0.25, -0.2) is 9.37 Å². The highest BCUT2D eigenvalue weighted by atomic mass is 32.1. The topological polar surface area (TPSA) is 71.0 Å². The number of nitrogens with one attached hydrogen (secondary N) is 1. The van der Waals surface area contributed by atoms with E-state index in [1.807, 2.05) is 18.2 Å². The lowest BCUT2D eigenvalue weighted by Gasteiger charge is -2.30. The van der Waals surface area contributed by atoms with Crippen molar-refractivity contribution < 1.29 is 9.18 Å². The maximum Gasteiger partial charge on any atom is 0.223 e. The van der Waals surface area contributed by atoms with E-state index in [0.717, 1.165) is 48.1 Å². The Balaban J connectivity index is 1.26. The lowest BCUT2D eigenvalue weighted by atomic mass is 9.96. The maximum absolute atomic E-state index is 13.0. The molecule has 29 heavy (non-hydrogen) atoms. The van der Waals surface area contributed by atoms with Gasteiger partial charge in [-0.1, -0.05) is 18.2 Å². The first kappa shape index (κ1) is 19.4. The third kappa shape index (κ3) is 5.14. The van der Waals surface area contributed by atoms with Gasteiger partial charge in [0.25, 0.3) is 0 Å². The molecule has 0 bridgehead atoms. The van der Waals surface area contributed by atoms with Crippen LogP contribution < -0.4 is 10.2 Å². The fourth-order valence-corrected chi connectivity index (χ4v) is 4.12. The van der Waals surface area contributed by atoms with Crippen LogP contribution >= 0.6 is 11.5 Å². The second-order valence-electron chi connectivity index (χ2n) is 7.10. The molecule has 0 unspecified atom stereocenters. The Morgan fingerprint density at radius 1 is 1.17 bits per heavy atom. The molecule has 0 radical (unpaired) electrons. The zero-order valence-electron chi connectivity index (χ0n) is 15.9. The van der Waals surface area contributed by atoms with Crippen LogP contribution in [0.2, 0.25) is 0 Å². The molecule has 1 N–H and O–H groups in total. The number of amides is 1. The molecule has 1 amide bonds. The quantitative estimate of drug-likeness (QED) is 0.675. The number of carbonyl (C=O) groups is 1. The number of aromatic nitrogens is 3. The molecule has 150 valence electrons. The van der Waals surface area contributed by atoms with Crippen LogP contribution in [0.4, 0.5) is 9.52 Å². The van der Waals surface area contributed by atoms with Gasteiger partial charge >= 0.3 is 0 Å². The summed E-state index contributed by atoms with van der Waals surface area (Å²) in [4.78, 5) is 23.5. The van der Waals surface area contributed by atoms with Crippen molar-refractivity contribution in [1.82, 2.24) is 19.7 Å². The molecular formula is C21H22FN5OS. The predicted molar refractivity (Wildman–Crippen MR) is 110 cm³/mol. The summed E-state index contributed by atoms with van der Waals surface area (Å²) in [5.41, 5.74) is 1.85. The van der Waals surface area contributed by atoms with Gasteiger partial charge in [0, 0.05) is 43.2 Å². The minimum absolute atomic E-state index is 0.0153. The summed E-state index contributed by atoms with van der Waals surface area (Å²) in [6.07, 6.45) is 3.90. The van der Waals surface area contributed by atoms with Gasteiger partial charge in [0.1, 0.15) is 11.6 Å². The van der Waals surface area contributed by atoms with E-state index in [0.29, 0.717) is 13.0 Å². The van der Waals surface area contributed by atoms with Gasteiger partial charge in [-0.15, -0.1) is 0 Å². The average molecular weight is 412 g/mol. The highest BCUT2D eigenvalue weighted by Gasteiger charge is 2.26. The van der Waals surface area contributed by atoms with E-state index in [2.05, 4.69) is 24.6 Å². The standard InChI is InChI=1S/C21H22FN5OS/c22-17-6-4-15(5-7-17)13-19-25-21(29-26-19)27-11-8-16(9-12-27)20(28)24-14-18-3-1-2-10-23-18/h1-7,10,16H,8-9,11-14H2,(H,24,28). The summed E-state index contributed by atoms with van der Waals surface area (Å²) in [7, 11) is 0. The van der Waals surface area contributed by atoms with E-state index in [-0.39, 0.29) is 17.6 Å². The number of anilines is 1. The maximum atomic E-state index is 13.0. The molecule has 0 spiro atoms. The molecule has 2 aromatic heterocycles. The number of piperidine rings is 1. The third-order valence-corrected chi connectivity index (χ3v) is 5.85. The minimum Gasteiger partial charge on any atom is -0.350 e. The normalized spacial score (nSPS) is 14.7. The highest BCUT2D eigenvalue weighted by Crippen LogP contribution is 2.25. The summed E-state index contributed by atoms with van der Waals surface area (Å²) in [5, 5.41) is 3.87. The molecule has 1 fully saturated rings. The number of hydrogen-bond acceptors (Lipinski definition) is 6. The van der Waals surface area contributed by atoms with Gasteiger partial charge < -0.3 is 10.2 Å². The number of hydrogen-bond donors (Lipinski definition) is 1.